The quantitative estimate of drug-likeness (QED) is 0.343. The Morgan fingerprint density at radius 3 is 1.96 bits per heavy atom. The molecule has 130 valence electrons. The lowest BCUT2D eigenvalue weighted by molar-refractivity contribution is 0.155. The van der Waals surface area contributed by atoms with Crippen LogP contribution in [0.3, 0.4) is 0 Å². The summed E-state index contributed by atoms with van der Waals surface area (Å²) in [6.07, 6.45) is 2.20. The fourth-order valence-corrected chi connectivity index (χ4v) is 1.45. The van der Waals surface area contributed by atoms with Crippen LogP contribution in [0.4, 0.5) is 9.59 Å². The number of hydrogen-bond acceptors (Lipinski definition) is 5. The number of unbranched alkanes of at least 4 members (excludes halogenated alkanes) is 3. The van der Waals surface area contributed by atoms with E-state index >= 15 is 0 Å². The average Bonchev–Trinajstić information content (AvgIpc) is 2.59. The third-order valence-corrected chi connectivity index (χ3v) is 2.71. The number of ether oxygens (including phenoxy) is 2. The normalized spacial score (nSPS) is 9.08. The minimum absolute atomic E-state index is 0.0984. The number of carbonyl (C=O) groups excluding carboxylic acids is 2. The third kappa shape index (κ3) is 12.7. The van der Waals surface area contributed by atoms with Gasteiger partial charge in [0.1, 0.15) is 13.2 Å². The molecule has 8 heteroatoms. The van der Waals surface area contributed by atoms with Crippen molar-refractivity contribution in [2.45, 2.75) is 25.7 Å². The summed E-state index contributed by atoms with van der Waals surface area (Å²) < 4.78 is 9.52. The number of carbonyl (C=O) groups is 2. The van der Waals surface area contributed by atoms with Gasteiger partial charge in [0.15, 0.2) is 5.70 Å². The minimum Gasteiger partial charge on any atom is -0.456 e. The zero-order valence-corrected chi connectivity index (χ0v) is 13.6. The lowest BCUT2D eigenvalue weighted by atomic mass is 10.2. The van der Waals surface area contributed by atoms with Crippen LogP contribution < -0.4 is 10.6 Å². The predicted molar refractivity (Wildman–Crippen MR) is 87.7 cm³/mol. The second kappa shape index (κ2) is 13.6. The highest BCUT2D eigenvalue weighted by atomic mass is 16.6. The molecule has 0 saturated heterocycles. The zero-order chi connectivity index (χ0) is 18.2. The van der Waals surface area contributed by atoms with Crippen molar-refractivity contribution in [3.05, 3.63) is 35.8 Å². The first-order valence-electron chi connectivity index (χ1n) is 7.44. The summed E-state index contributed by atoms with van der Waals surface area (Å²) in [5, 5.41) is 13.6. The Balaban J connectivity index is 3.42. The van der Waals surface area contributed by atoms with E-state index in [2.05, 4.69) is 28.6 Å². The molecule has 0 aromatic carbocycles. The smallest absolute Gasteiger partial charge is 0.407 e. The molecule has 0 heterocycles. The van der Waals surface area contributed by atoms with Crippen LogP contribution >= 0.6 is 0 Å². The van der Waals surface area contributed by atoms with Gasteiger partial charge in [-0.15, -0.1) is 0 Å². The molecular weight excluding hydrogens is 312 g/mol. The Morgan fingerprint density at radius 1 is 1.00 bits per heavy atom. The Kier molecular flexibility index (Phi) is 11.9. The molecule has 0 radical (unpaired) electrons. The van der Waals surface area contributed by atoms with Gasteiger partial charge in [0.2, 0.25) is 0 Å². The second-order valence-corrected chi connectivity index (χ2v) is 4.81. The van der Waals surface area contributed by atoms with Crippen molar-refractivity contribution in [2.75, 3.05) is 26.3 Å². The van der Waals surface area contributed by atoms with E-state index in [1.807, 2.05) is 0 Å². The summed E-state index contributed by atoms with van der Waals surface area (Å²) in [7, 11) is 0. The Morgan fingerprint density at radius 2 is 1.50 bits per heavy atom. The van der Waals surface area contributed by atoms with Crippen LogP contribution in [0.15, 0.2) is 24.4 Å². The van der Waals surface area contributed by atoms with Crippen molar-refractivity contribution >= 4 is 12.2 Å². The van der Waals surface area contributed by atoms with Gasteiger partial charge in [-0.25, -0.2) is 14.4 Å². The van der Waals surface area contributed by atoms with E-state index in [1.165, 1.54) is 0 Å². The van der Waals surface area contributed by atoms with E-state index in [0.717, 1.165) is 25.7 Å². The molecule has 0 atom stereocenters. The highest BCUT2D eigenvalue weighted by Crippen LogP contribution is 1.99. The van der Waals surface area contributed by atoms with Crippen LogP contribution in [0, 0.1) is 17.9 Å². The molecule has 0 saturated carbocycles. The third-order valence-electron chi connectivity index (χ3n) is 2.71. The van der Waals surface area contributed by atoms with Crippen LogP contribution in [-0.2, 0) is 9.47 Å². The summed E-state index contributed by atoms with van der Waals surface area (Å²) in [5.41, 5.74) is 0.364. The molecule has 2 amide bonds. The number of hydrogen-bond donors (Lipinski definition) is 2. The summed E-state index contributed by atoms with van der Waals surface area (Å²) in [6.45, 7) is 14.2. The molecule has 0 bridgehead atoms. The van der Waals surface area contributed by atoms with Crippen LogP contribution in [0.2, 0.25) is 0 Å². The monoisotopic (exact) mass is 334 g/mol. The number of alkyl carbamates (subject to hydrolysis) is 2. The topological polar surface area (TPSA) is 105 Å². The minimum atomic E-state index is -0.572. The van der Waals surface area contributed by atoms with Crippen molar-refractivity contribution in [1.29, 1.82) is 5.26 Å². The maximum Gasteiger partial charge on any atom is 0.407 e. The molecule has 0 aliphatic rings. The van der Waals surface area contributed by atoms with Crippen molar-refractivity contribution in [1.82, 2.24) is 10.6 Å². The Labute approximate surface area is 141 Å². The first-order chi connectivity index (χ1) is 11.5. The fraction of sp³-hybridized carbons (Fsp3) is 0.500. The first-order valence-corrected chi connectivity index (χ1v) is 7.44. The Bertz CT molecular complexity index is 483. The molecule has 0 spiro atoms. The van der Waals surface area contributed by atoms with Gasteiger partial charge in [-0.2, -0.15) is 5.26 Å². The van der Waals surface area contributed by atoms with Crippen molar-refractivity contribution in [2.24, 2.45) is 0 Å². The van der Waals surface area contributed by atoms with E-state index < -0.39 is 12.2 Å². The van der Waals surface area contributed by atoms with Gasteiger partial charge in [-0.05, 0) is 12.8 Å². The summed E-state index contributed by atoms with van der Waals surface area (Å²) >= 11 is 0. The first kappa shape index (κ1) is 21.0. The molecule has 0 aromatic heterocycles. The molecular formula is C16H22N4O4. The van der Waals surface area contributed by atoms with Gasteiger partial charge in [-0.3, -0.25) is 0 Å². The SMILES string of the molecule is [C-]#[N+]C(=C)COC(=O)NCCCCCCNC(=O)OCC(=C)C#N. The van der Waals surface area contributed by atoms with Crippen molar-refractivity contribution in [3.63, 3.8) is 0 Å². The lowest BCUT2D eigenvalue weighted by Crippen LogP contribution is -2.26. The van der Waals surface area contributed by atoms with E-state index in [-0.39, 0.29) is 24.5 Å². The van der Waals surface area contributed by atoms with E-state index in [0.29, 0.717) is 13.1 Å². The molecule has 8 nitrogen and oxygen atoms in total. The van der Waals surface area contributed by atoms with Gasteiger partial charge in [-0.1, -0.05) is 26.0 Å². The van der Waals surface area contributed by atoms with E-state index in [9.17, 15) is 9.59 Å². The number of amides is 2. The van der Waals surface area contributed by atoms with Gasteiger partial charge in [0.05, 0.1) is 18.2 Å². The van der Waals surface area contributed by atoms with Gasteiger partial charge in [0, 0.05) is 13.1 Å². The summed E-state index contributed by atoms with van der Waals surface area (Å²) in [4.78, 5) is 25.5. The molecule has 0 aliphatic carbocycles. The number of nitriles is 1. The maximum absolute atomic E-state index is 11.2. The molecule has 0 rings (SSSR count). The number of nitrogens with zero attached hydrogens (tertiary/aromatic N) is 2. The molecule has 24 heavy (non-hydrogen) atoms. The largest absolute Gasteiger partial charge is 0.456 e. The van der Waals surface area contributed by atoms with Crippen LogP contribution in [0.1, 0.15) is 25.7 Å². The van der Waals surface area contributed by atoms with Gasteiger partial charge < -0.3 is 20.1 Å². The van der Waals surface area contributed by atoms with E-state index in [4.69, 9.17) is 21.3 Å². The number of nitrogens with one attached hydrogen (secondary N) is 2. The van der Waals surface area contributed by atoms with E-state index in [1.54, 1.807) is 6.07 Å². The summed E-state index contributed by atoms with van der Waals surface area (Å²) in [6, 6.07) is 1.78. The van der Waals surface area contributed by atoms with Crippen LogP contribution in [0.25, 0.3) is 4.85 Å². The summed E-state index contributed by atoms with van der Waals surface area (Å²) in [5.74, 6) is 0. The highest BCUT2D eigenvalue weighted by Gasteiger charge is 2.03. The molecule has 2 N–H and O–H groups in total. The lowest BCUT2D eigenvalue weighted by Gasteiger charge is -2.07. The molecule has 0 fully saturated rings. The maximum atomic E-state index is 11.2. The van der Waals surface area contributed by atoms with Crippen LogP contribution in [0.5, 0.6) is 0 Å². The van der Waals surface area contributed by atoms with Crippen LogP contribution in [-0.4, -0.2) is 38.5 Å². The second-order valence-electron chi connectivity index (χ2n) is 4.81. The highest BCUT2D eigenvalue weighted by molar-refractivity contribution is 5.67. The Hall–Kier alpha value is -3.00. The predicted octanol–water partition coefficient (Wildman–Crippen LogP) is 2.51. The molecule has 0 aromatic rings. The molecule has 0 aliphatic heterocycles. The van der Waals surface area contributed by atoms with Gasteiger partial charge in [0.25, 0.3) is 0 Å². The average molecular weight is 334 g/mol. The molecule has 0 unspecified atom stereocenters. The standard InChI is InChI=1S/C16H22N4O4/c1-13(10-17)11-23-15(21)19-8-6-4-5-7-9-20-16(22)24-12-14(2)18-3/h1-2,4-9,11-12H2,(H,19,21)(H,20,22). The number of rotatable bonds is 11. The van der Waals surface area contributed by atoms with Crippen molar-refractivity contribution in [3.8, 4) is 6.07 Å². The zero-order valence-electron chi connectivity index (χ0n) is 13.6. The van der Waals surface area contributed by atoms with Gasteiger partial charge >= 0.3 is 12.2 Å². The van der Waals surface area contributed by atoms with Crippen molar-refractivity contribution < 1.29 is 19.1 Å². The fourth-order valence-electron chi connectivity index (χ4n) is 1.45.